The van der Waals surface area contributed by atoms with E-state index in [9.17, 15) is 9.59 Å². The second-order valence-electron chi connectivity index (χ2n) is 6.96. The maximum Gasteiger partial charge on any atom is 0.341 e. The van der Waals surface area contributed by atoms with Crippen LogP contribution in [0.1, 0.15) is 44.0 Å². The molecule has 0 bridgehead atoms. The number of anilines is 1. The highest BCUT2D eigenvalue weighted by atomic mass is 32.1. The molecule has 30 heavy (non-hydrogen) atoms. The predicted octanol–water partition coefficient (Wildman–Crippen LogP) is 3.97. The Morgan fingerprint density at radius 2 is 2.13 bits per heavy atom. The van der Waals surface area contributed by atoms with Gasteiger partial charge in [0.15, 0.2) is 11.4 Å². The van der Waals surface area contributed by atoms with Crippen molar-refractivity contribution >= 4 is 33.9 Å². The monoisotopic (exact) mass is 422 g/mol. The number of aromatic nitrogens is 3. The van der Waals surface area contributed by atoms with E-state index in [0.29, 0.717) is 33.2 Å². The minimum absolute atomic E-state index is 0.311. The molecule has 4 aromatic rings. The Labute approximate surface area is 175 Å². The Kier molecular flexibility index (Phi) is 4.59. The fourth-order valence-corrected chi connectivity index (χ4v) is 5.08. The molecule has 1 aliphatic rings. The van der Waals surface area contributed by atoms with E-state index in [-0.39, 0.29) is 5.91 Å². The number of carbonyl (C=O) groups is 2. The molecule has 0 aliphatic heterocycles. The zero-order valence-electron chi connectivity index (χ0n) is 16.2. The quantitative estimate of drug-likeness (QED) is 0.500. The Morgan fingerprint density at radius 3 is 2.93 bits per heavy atom. The second-order valence-corrected chi connectivity index (χ2v) is 8.07. The number of esters is 1. The Morgan fingerprint density at radius 1 is 1.27 bits per heavy atom. The molecule has 0 radical (unpaired) electrons. The van der Waals surface area contributed by atoms with Gasteiger partial charge in [-0.1, -0.05) is 0 Å². The third-order valence-corrected chi connectivity index (χ3v) is 6.41. The summed E-state index contributed by atoms with van der Waals surface area (Å²) in [5.41, 5.74) is 2.86. The lowest BCUT2D eigenvalue weighted by molar-refractivity contribution is 0.0601. The smallest absolute Gasteiger partial charge is 0.341 e. The SMILES string of the molecule is COC(=O)c1c(NC(=O)c2cnn3c(-c4ccco4)ccnc23)sc2c1CCCC2. The van der Waals surface area contributed by atoms with E-state index in [1.54, 1.807) is 29.1 Å². The molecule has 1 N–H and O–H groups in total. The largest absolute Gasteiger partial charge is 0.465 e. The van der Waals surface area contributed by atoms with Crippen molar-refractivity contribution in [3.63, 3.8) is 0 Å². The first-order chi connectivity index (χ1) is 14.7. The minimum atomic E-state index is -0.428. The molecule has 4 aromatic heterocycles. The van der Waals surface area contributed by atoms with Crippen LogP contribution >= 0.6 is 11.3 Å². The van der Waals surface area contributed by atoms with Gasteiger partial charge in [0, 0.05) is 11.1 Å². The van der Waals surface area contributed by atoms with Crippen molar-refractivity contribution in [3.8, 4) is 11.5 Å². The van der Waals surface area contributed by atoms with Gasteiger partial charge < -0.3 is 14.5 Å². The van der Waals surface area contributed by atoms with Crippen LogP contribution < -0.4 is 5.32 Å². The van der Waals surface area contributed by atoms with Gasteiger partial charge in [-0.05, 0) is 49.4 Å². The van der Waals surface area contributed by atoms with Crippen LogP contribution in [0.5, 0.6) is 0 Å². The van der Waals surface area contributed by atoms with Crippen LogP contribution in [0.4, 0.5) is 5.00 Å². The molecule has 4 heterocycles. The highest BCUT2D eigenvalue weighted by molar-refractivity contribution is 7.17. The van der Waals surface area contributed by atoms with Crippen molar-refractivity contribution in [2.24, 2.45) is 0 Å². The standard InChI is InChI=1S/C21H18N4O4S/c1-28-21(27)17-12-5-2-3-7-16(12)30-20(17)24-19(26)13-11-23-25-14(8-9-22-18(13)25)15-6-4-10-29-15/h4,6,8-11H,2-3,5,7H2,1H3,(H,24,26). The van der Waals surface area contributed by atoms with Crippen LogP contribution in [-0.2, 0) is 17.6 Å². The van der Waals surface area contributed by atoms with Gasteiger partial charge >= 0.3 is 5.97 Å². The maximum atomic E-state index is 13.1. The van der Waals surface area contributed by atoms with Gasteiger partial charge in [0.1, 0.15) is 16.3 Å². The van der Waals surface area contributed by atoms with Gasteiger partial charge in [-0.3, -0.25) is 4.79 Å². The highest BCUT2D eigenvalue weighted by Crippen LogP contribution is 2.38. The van der Waals surface area contributed by atoms with Gasteiger partial charge in [-0.15, -0.1) is 11.3 Å². The average Bonchev–Trinajstić information content (AvgIpc) is 3.50. The fraction of sp³-hybridized carbons (Fsp3) is 0.238. The van der Waals surface area contributed by atoms with Crippen LogP contribution in [0.15, 0.2) is 41.3 Å². The van der Waals surface area contributed by atoms with E-state index in [1.165, 1.54) is 24.6 Å². The number of thiophene rings is 1. The maximum absolute atomic E-state index is 13.1. The van der Waals surface area contributed by atoms with Gasteiger partial charge in [0.2, 0.25) is 0 Å². The van der Waals surface area contributed by atoms with E-state index in [0.717, 1.165) is 36.1 Å². The first-order valence-electron chi connectivity index (χ1n) is 9.58. The number of carbonyl (C=O) groups excluding carboxylic acids is 2. The lowest BCUT2D eigenvalue weighted by Crippen LogP contribution is -2.15. The summed E-state index contributed by atoms with van der Waals surface area (Å²) < 4.78 is 12.0. The molecule has 0 aromatic carbocycles. The molecule has 9 heteroatoms. The summed E-state index contributed by atoms with van der Waals surface area (Å²) in [5, 5.41) is 7.73. The lowest BCUT2D eigenvalue weighted by Gasteiger charge is -2.11. The summed E-state index contributed by atoms with van der Waals surface area (Å²) in [4.78, 5) is 31.0. The molecule has 0 saturated heterocycles. The number of furan rings is 1. The Balaban J connectivity index is 1.53. The normalized spacial score (nSPS) is 13.2. The zero-order valence-corrected chi connectivity index (χ0v) is 17.0. The number of aryl methyl sites for hydroxylation is 1. The van der Waals surface area contributed by atoms with Crippen LogP contribution in [-0.4, -0.2) is 33.6 Å². The summed E-state index contributed by atoms with van der Waals surface area (Å²) in [6.45, 7) is 0. The molecule has 8 nitrogen and oxygen atoms in total. The van der Waals surface area contributed by atoms with Crippen molar-refractivity contribution < 1.29 is 18.7 Å². The summed E-state index contributed by atoms with van der Waals surface area (Å²) in [6, 6.07) is 5.36. The van der Waals surface area contributed by atoms with E-state index in [1.807, 2.05) is 6.07 Å². The third-order valence-electron chi connectivity index (χ3n) is 5.21. The molecule has 152 valence electrons. The van der Waals surface area contributed by atoms with Gasteiger partial charge in [-0.25, -0.2) is 14.3 Å². The molecule has 5 rings (SSSR count). The van der Waals surface area contributed by atoms with Gasteiger partial charge in [0.25, 0.3) is 5.91 Å². The van der Waals surface area contributed by atoms with Gasteiger partial charge in [-0.2, -0.15) is 5.10 Å². The first kappa shape index (κ1) is 18.6. The Bertz CT molecular complexity index is 1260. The molecule has 1 aliphatic carbocycles. The molecule has 1 amide bonds. The minimum Gasteiger partial charge on any atom is -0.465 e. The van der Waals surface area contributed by atoms with Crippen molar-refractivity contribution in [2.45, 2.75) is 25.7 Å². The number of amides is 1. The molecule has 0 atom stereocenters. The van der Waals surface area contributed by atoms with E-state index in [2.05, 4.69) is 15.4 Å². The van der Waals surface area contributed by atoms with Crippen LogP contribution in [0.25, 0.3) is 17.1 Å². The fourth-order valence-electron chi connectivity index (χ4n) is 3.80. The van der Waals surface area contributed by atoms with Crippen molar-refractivity contribution in [2.75, 3.05) is 12.4 Å². The van der Waals surface area contributed by atoms with Crippen LogP contribution in [0, 0.1) is 0 Å². The topological polar surface area (TPSA) is 98.7 Å². The van der Waals surface area contributed by atoms with E-state index in [4.69, 9.17) is 9.15 Å². The van der Waals surface area contributed by atoms with E-state index < -0.39 is 5.97 Å². The van der Waals surface area contributed by atoms with E-state index >= 15 is 0 Å². The molecular weight excluding hydrogens is 404 g/mol. The summed E-state index contributed by atoms with van der Waals surface area (Å²) in [5.74, 6) is -0.183. The predicted molar refractivity (Wildman–Crippen MR) is 111 cm³/mol. The number of rotatable bonds is 4. The molecular formula is C21H18N4O4S. The molecule has 0 unspecified atom stereocenters. The van der Waals surface area contributed by atoms with Gasteiger partial charge in [0.05, 0.1) is 25.1 Å². The van der Waals surface area contributed by atoms with Crippen molar-refractivity contribution in [3.05, 3.63) is 58.4 Å². The summed E-state index contributed by atoms with van der Waals surface area (Å²) >= 11 is 1.44. The van der Waals surface area contributed by atoms with Crippen LogP contribution in [0.3, 0.4) is 0 Å². The molecule has 0 saturated carbocycles. The number of hydrogen-bond acceptors (Lipinski definition) is 7. The van der Waals surface area contributed by atoms with Crippen LogP contribution in [0.2, 0.25) is 0 Å². The van der Waals surface area contributed by atoms with Crippen molar-refractivity contribution in [1.29, 1.82) is 0 Å². The lowest BCUT2D eigenvalue weighted by atomic mass is 9.95. The average molecular weight is 422 g/mol. The second kappa shape index (κ2) is 7.42. The first-order valence-corrected chi connectivity index (χ1v) is 10.4. The molecule has 0 spiro atoms. The summed E-state index contributed by atoms with van der Waals surface area (Å²) in [7, 11) is 1.35. The number of fused-ring (bicyclic) bond motifs is 2. The Hall–Kier alpha value is -3.46. The zero-order chi connectivity index (χ0) is 20.7. The highest BCUT2D eigenvalue weighted by Gasteiger charge is 2.28. The van der Waals surface area contributed by atoms with Crippen molar-refractivity contribution in [1.82, 2.24) is 14.6 Å². The molecule has 0 fully saturated rings. The number of methoxy groups -OCH3 is 1. The number of nitrogens with zero attached hydrogens (tertiary/aromatic N) is 3. The number of nitrogens with one attached hydrogen (secondary N) is 1. The third kappa shape index (κ3) is 2.98. The number of hydrogen-bond donors (Lipinski definition) is 1. The number of ether oxygens (including phenoxy) is 1. The summed E-state index contributed by atoms with van der Waals surface area (Å²) in [6.07, 6.45) is 8.47.